The lowest BCUT2D eigenvalue weighted by Gasteiger charge is -2.22. The Kier molecular flexibility index (Phi) is 2.45. The second-order valence-corrected chi connectivity index (χ2v) is 2.40. The molecule has 1 aliphatic heterocycles. The predicted octanol–water partition coefficient (Wildman–Crippen LogP) is 0.335. The fraction of sp³-hybridized carbons (Fsp3) is 1.00. The van der Waals surface area contributed by atoms with E-state index < -0.39 is 0 Å². The number of hydrogen-bond donors (Lipinski definition) is 1. The van der Waals surface area contributed by atoms with Crippen LogP contribution in [0.25, 0.3) is 0 Å². The Hall–Kier alpha value is -0.120. The molecule has 1 aliphatic rings. The Labute approximate surface area is 54.5 Å². The summed E-state index contributed by atoms with van der Waals surface area (Å²) >= 11 is 0. The van der Waals surface area contributed by atoms with E-state index in [2.05, 4.69) is 9.78 Å². The molecule has 0 radical (unpaired) electrons. The van der Waals surface area contributed by atoms with Gasteiger partial charge in [-0.3, -0.25) is 0 Å². The van der Waals surface area contributed by atoms with Gasteiger partial charge in [-0.2, -0.15) is 0 Å². The van der Waals surface area contributed by atoms with Gasteiger partial charge in [0, 0.05) is 5.92 Å². The van der Waals surface area contributed by atoms with Crippen molar-refractivity contribution >= 4 is 0 Å². The summed E-state index contributed by atoms with van der Waals surface area (Å²) in [6.45, 7) is 2.91. The van der Waals surface area contributed by atoms with E-state index in [0.29, 0.717) is 13.2 Å². The van der Waals surface area contributed by atoms with Crippen molar-refractivity contribution < 1.29 is 14.9 Å². The minimum Gasteiger partial charge on any atom is -0.393 e. The molecule has 1 fully saturated rings. The molecule has 1 heterocycles. The van der Waals surface area contributed by atoms with Crippen molar-refractivity contribution in [3.8, 4) is 0 Å². The van der Waals surface area contributed by atoms with Gasteiger partial charge in [0.25, 0.3) is 0 Å². The van der Waals surface area contributed by atoms with Gasteiger partial charge in [0.1, 0.15) is 0 Å². The molecule has 1 N–H and O–H groups in total. The maximum absolute atomic E-state index is 9.04. The first-order valence-electron chi connectivity index (χ1n) is 3.23. The summed E-state index contributed by atoms with van der Waals surface area (Å²) in [5.74, 6) is 0.263. The van der Waals surface area contributed by atoms with Crippen LogP contribution < -0.4 is 0 Å². The summed E-state index contributed by atoms with van der Waals surface area (Å²) < 4.78 is 0. The first-order valence-corrected chi connectivity index (χ1v) is 3.23. The monoisotopic (exact) mass is 132 g/mol. The third-order valence-corrected chi connectivity index (χ3v) is 1.62. The lowest BCUT2D eigenvalue weighted by molar-refractivity contribution is -0.329. The van der Waals surface area contributed by atoms with Crippen molar-refractivity contribution in [1.82, 2.24) is 0 Å². The second-order valence-electron chi connectivity index (χ2n) is 2.40. The smallest absolute Gasteiger partial charge is 0.0875 e. The van der Waals surface area contributed by atoms with E-state index in [9.17, 15) is 0 Å². The fourth-order valence-corrected chi connectivity index (χ4v) is 0.858. The summed E-state index contributed by atoms with van der Waals surface area (Å²) in [7, 11) is 0. The van der Waals surface area contributed by atoms with Gasteiger partial charge in [0.05, 0.1) is 19.3 Å². The normalized spacial score (nSPS) is 32.0. The maximum atomic E-state index is 9.04. The largest absolute Gasteiger partial charge is 0.393 e. The zero-order valence-corrected chi connectivity index (χ0v) is 5.54. The van der Waals surface area contributed by atoms with E-state index in [4.69, 9.17) is 5.11 Å². The molecule has 0 aliphatic carbocycles. The van der Waals surface area contributed by atoms with E-state index in [1.807, 2.05) is 0 Å². The quantitative estimate of drug-likeness (QED) is 0.523. The summed E-state index contributed by atoms with van der Waals surface area (Å²) in [6, 6.07) is 0. The summed E-state index contributed by atoms with van der Waals surface area (Å²) in [5.41, 5.74) is 0. The molecule has 0 spiro atoms. The average molecular weight is 132 g/mol. The molecule has 1 saturated heterocycles. The molecule has 54 valence electrons. The fourth-order valence-electron chi connectivity index (χ4n) is 0.858. The number of aliphatic hydroxyl groups excluding tert-OH is 1. The topological polar surface area (TPSA) is 38.7 Å². The van der Waals surface area contributed by atoms with Crippen LogP contribution in [0.15, 0.2) is 0 Å². The summed E-state index contributed by atoms with van der Waals surface area (Å²) in [4.78, 5) is 9.32. The van der Waals surface area contributed by atoms with Gasteiger partial charge in [0.2, 0.25) is 0 Å². The highest BCUT2D eigenvalue weighted by Gasteiger charge is 2.18. The van der Waals surface area contributed by atoms with Crippen LogP contribution in [0.2, 0.25) is 0 Å². The van der Waals surface area contributed by atoms with Crippen molar-refractivity contribution in [2.45, 2.75) is 19.4 Å². The predicted molar refractivity (Wildman–Crippen MR) is 31.7 cm³/mol. The molecule has 0 saturated carbocycles. The van der Waals surface area contributed by atoms with Crippen LogP contribution in [0.1, 0.15) is 13.3 Å². The van der Waals surface area contributed by atoms with Crippen LogP contribution in [-0.4, -0.2) is 24.4 Å². The van der Waals surface area contributed by atoms with E-state index in [0.717, 1.165) is 6.42 Å². The molecule has 3 heteroatoms. The standard InChI is InChI=1S/C6H12O3/c1-5(7)6-2-3-8-9-4-6/h5-7H,2-4H2,1H3/t5-,6?/m0/s1. The highest BCUT2D eigenvalue weighted by molar-refractivity contribution is 4.64. The summed E-state index contributed by atoms with van der Waals surface area (Å²) in [6.07, 6.45) is 0.631. The van der Waals surface area contributed by atoms with Crippen LogP contribution in [0.3, 0.4) is 0 Å². The number of hydrogen-bond acceptors (Lipinski definition) is 3. The zero-order valence-electron chi connectivity index (χ0n) is 5.54. The first-order chi connectivity index (χ1) is 4.30. The third kappa shape index (κ3) is 1.93. The first kappa shape index (κ1) is 6.99. The molecule has 1 unspecified atom stereocenters. The molecular weight excluding hydrogens is 120 g/mol. The Bertz CT molecular complexity index is 76.4. The van der Waals surface area contributed by atoms with Crippen molar-refractivity contribution in [2.24, 2.45) is 5.92 Å². The van der Waals surface area contributed by atoms with Gasteiger partial charge in [-0.15, -0.1) is 0 Å². The lowest BCUT2D eigenvalue weighted by Crippen LogP contribution is -2.27. The van der Waals surface area contributed by atoms with E-state index in [-0.39, 0.29) is 12.0 Å². The van der Waals surface area contributed by atoms with Crippen LogP contribution in [-0.2, 0) is 9.78 Å². The van der Waals surface area contributed by atoms with Crippen LogP contribution in [0.5, 0.6) is 0 Å². The Morgan fingerprint density at radius 1 is 1.56 bits per heavy atom. The van der Waals surface area contributed by atoms with Gasteiger partial charge in [-0.05, 0) is 13.3 Å². The zero-order chi connectivity index (χ0) is 6.69. The minimum atomic E-state index is -0.270. The maximum Gasteiger partial charge on any atom is 0.0875 e. The lowest BCUT2D eigenvalue weighted by atomic mass is 10.0. The molecule has 3 nitrogen and oxygen atoms in total. The third-order valence-electron chi connectivity index (χ3n) is 1.62. The molecule has 0 amide bonds. The minimum absolute atomic E-state index is 0.263. The van der Waals surface area contributed by atoms with Crippen LogP contribution >= 0.6 is 0 Å². The van der Waals surface area contributed by atoms with Crippen molar-refractivity contribution in [2.75, 3.05) is 13.2 Å². The molecule has 0 aromatic heterocycles. The molecule has 0 aromatic carbocycles. The van der Waals surface area contributed by atoms with Gasteiger partial charge >= 0.3 is 0 Å². The molecule has 1 rings (SSSR count). The second kappa shape index (κ2) is 3.15. The Morgan fingerprint density at radius 2 is 2.33 bits per heavy atom. The molecule has 9 heavy (non-hydrogen) atoms. The Morgan fingerprint density at radius 3 is 2.67 bits per heavy atom. The average Bonchev–Trinajstić information content (AvgIpc) is 1.90. The van der Waals surface area contributed by atoms with Gasteiger partial charge in [-0.25, -0.2) is 9.78 Å². The van der Waals surface area contributed by atoms with Gasteiger partial charge in [-0.1, -0.05) is 0 Å². The Balaban J connectivity index is 2.23. The van der Waals surface area contributed by atoms with Gasteiger partial charge < -0.3 is 5.11 Å². The van der Waals surface area contributed by atoms with E-state index >= 15 is 0 Å². The number of rotatable bonds is 1. The van der Waals surface area contributed by atoms with Crippen molar-refractivity contribution in [3.63, 3.8) is 0 Å². The SMILES string of the molecule is C[C@H](O)C1CCOOC1. The highest BCUT2D eigenvalue weighted by Crippen LogP contribution is 2.13. The van der Waals surface area contributed by atoms with Crippen molar-refractivity contribution in [1.29, 1.82) is 0 Å². The highest BCUT2D eigenvalue weighted by atomic mass is 17.2. The summed E-state index contributed by atoms with van der Waals surface area (Å²) in [5, 5.41) is 9.04. The number of aliphatic hydroxyl groups is 1. The molecular formula is C6H12O3. The molecule has 2 atom stereocenters. The molecule has 0 aromatic rings. The van der Waals surface area contributed by atoms with Crippen molar-refractivity contribution in [3.05, 3.63) is 0 Å². The van der Waals surface area contributed by atoms with Crippen LogP contribution in [0, 0.1) is 5.92 Å². The van der Waals surface area contributed by atoms with Crippen LogP contribution in [0.4, 0.5) is 0 Å². The van der Waals surface area contributed by atoms with E-state index in [1.165, 1.54) is 0 Å². The van der Waals surface area contributed by atoms with Gasteiger partial charge in [0.15, 0.2) is 0 Å². The molecule has 0 bridgehead atoms. The van der Waals surface area contributed by atoms with E-state index in [1.54, 1.807) is 6.92 Å².